The Morgan fingerprint density at radius 1 is 0.464 bits per heavy atom. The molecule has 2 N–H and O–H groups in total. The van der Waals surface area contributed by atoms with Crippen molar-refractivity contribution in [3.05, 3.63) is 192 Å². The number of fused-ring (bicyclic) bond motifs is 2. The number of aromatic nitrogens is 2. The molecule has 8 rings (SSSR count). The molecule has 0 amide bonds. The minimum absolute atomic E-state index is 0.290. The summed E-state index contributed by atoms with van der Waals surface area (Å²) in [6.07, 6.45) is 3.64. The van der Waals surface area contributed by atoms with Crippen molar-refractivity contribution in [1.82, 2.24) is 20.6 Å². The van der Waals surface area contributed by atoms with Crippen molar-refractivity contribution in [2.24, 2.45) is 0 Å². The van der Waals surface area contributed by atoms with Gasteiger partial charge in [-0.3, -0.25) is 9.97 Å². The molecule has 0 aliphatic heterocycles. The molecule has 2 heterocycles. The zero-order valence-electron chi connectivity index (χ0n) is 32.4. The molecule has 0 aliphatic carbocycles. The van der Waals surface area contributed by atoms with Gasteiger partial charge in [-0.2, -0.15) is 0 Å². The fourth-order valence-electron chi connectivity index (χ4n) is 6.93. The van der Waals surface area contributed by atoms with E-state index in [1.54, 1.807) is 14.2 Å². The third-order valence-electron chi connectivity index (χ3n) is 10.2. The Balaban J connectivity index is 0.000000172. The van der Waals surface area contributed by atoms with E-state index in [0.29, 0.717) is 12.1 Å². The normalized spacial score (nSPS) is 12.1. The van der Waals surface area contributed by atoms with Gasteiger partial charge in [-0.05, 0) is 108 Å². The summed E-state index contributed by atoms with van der Waals surface area (Å²) in [5.74, 6) is 1.76. The average molecular weight is 737 g/mol. The summed E-state index contributed by atoms with van der Waals surface area (Å²) in [7, 11) is 3.44. The zero-order valence-corrected chi connectivity index (χ0v) is 32.4. The van der Waals surface area contributed by atoms with E-state index in [4.69, 9.17) is 9.47 Å². The highest BCUT2D eigenvalue weighted by atomic mass is 16.5. The Bertz CT molecular complexity index is 2330. The van der Waals surface area contributed by atoms with E-state index in [0.717, 1.165) is 68.6 Å². The lowest BCUT2D eigenvalue weighted by Gasteiger charge is -2.16. The number of hydrogen-bond acceptors (Lipinski definition) is 6. The first kappa shape index (κ1) is 38.0. The fourth-order valence-corrected chi connectivity index (χ4v) is 6.93. The number of benzene rings is 6. The molecule has 6 aromatic carbocycles. The van der Waals surface area contributed by atoms with Crippen LogP contribution in [0, 0.1) is 0 Å². The molecule has 0 saturated carbocycles. The molecule has 0 unspecified atom stereocenters. The second-order valence-electron chi connectivity index (χ2n) is 13.9. The molecule has 2 aromatic heterocycles. The van der Waals surface area contributed by atoms with Crippen LogP contribution in [0.15, 0.2) is 170 Å². The third-order valence-corrected chi connectivity index (χ3v) is 10.2. The molecular formula is C50H48N4O2. The van der Waals surface area contributed by atoms with E-state index in [-0.39, 0.29) is 0 Å². The number of rotatable bonds is 12. The first-order chi connectivity index (χ1) is 27.5. The van der Waals surface area contributed by atoms with Gasteiger partial charge in [-0.25, -0.2) is 0 Å². The highest BCUT2D eigenvalue weighted by molar-refractivity contribution is 5.87. The first-order valence-corrected chi connectivity index (χ1v) is 19.1. The van der Waals surface area contributed by atoms with Crippen LogP contribution in [-0.4, -0.2) is 24.2 Å². The van der Waals surface area contributed by atoms with Crippen LogP contribution >= 0.6 is 0 Å². The van der Waals surface area contributed by atoms with Crippen molar-refractivity contribution in [1.29, 1.82) is 0 Å². The summed E-state index contributed by atoms with van der Waals surface area (Å²) in [5, 5.41) is 9.48. The smallest absolute Gasteiger partial charge is 0.126 e. The molecule has 0 spiro atoms. The minimum atomic E-state index is 0.290. The predicted octanol–water partition coefficient (Wildman–Crippen LogP) is 11.5. The van der Waals surface area contributed by atoms with Gasteiger partial charge < -0.3 is 20.1 Å². The summed E-state index contributed by atoms with van der Waals surface area (Å²) in [6.45, 7) is 5.97. The van der Waals surface area contributed by atoms with Gasteiger partial charge in [-0.15, -0.1) is 0 Å². The van der Waals surface area contributed by atoms with Crippen molar-refractivity contribution in [2.45, 2.75) is 39.0 Å². The summed E-state index contributed by atoms with van der Waals surface area (Å²) >= 11 is 0. The molecule has 0 aliphatic rings. The van der Waals surface area contributed by atoms with Gasteiger partial charge >= 0.3 is 0 Å². The third kappa shape index (κ3) is 9.29. The van der Waals surface area contributed by atoms with E-state index in [1.165, 1.54) is 22.3 Å². The van der Waals surface area contributed by atoms with Gasteiger partial charge in [0.1, 0.15) is 11.5 Å². The standard InChI is InChI=1S/2C25H24N2O/c2*1-18(20-7-4-3-5-8-20)27-17-19-10-13-25(28-2)23(15-19)21-11-12-24-22(16-21)9-6-14-26-24/h2*3-16,18,27H,17H2,1-2H3/t2*18-/m11/s1. The molecule has 6 nitrogen and oxygen atoms in total. The zero-order chi connectivity index (χ0) is 38.7. The summed E-state index contributed by atoms with van der Waals surface area (Å²) in [6, 6.07) is 55.1. The molecule has 2 atom stereocenters. The summed E-state index contributed by atoms with van der Waals surface area (Å²) in [5.41, 5.74) is 11.5. The van der Waals surface area contributed by atoms with Crippen molar-refractivity contribution < 1.29 is 9.47 Å². The van der Waals surface area contributed by atoms with Crippen molar-refractivity contribution in [3.8, 4) is 33.8 Å². The Labute approximate surface area is 330 Å². The lowest BCUT2D eigenvalue weighted by molar-refractivity contribution is 0.416. The minimum Gasteiger partial charge on any atom is -0.496 e. The Morgan fingerprint density at radius 3 is 1.30 bits per heavy atom. The number of nitrogens with zero attached hydrogens (tertiary/aromatic N) is 2. The van der Waals surface area contributed by atoms with Crippen LogP contribution < -0.4 is 20.1 Å². The van der Waals surface area contributed by atoms with E-state index in [1.807, 2.05) is 48.8 Å². The van der Waals surface area contributed by atoms with Gasteiger partial charge in [-0.1, -0.05) is 97.1 Å². The molecule has 56 heavy (non-hydrogen) atoms. The van der Waals surface area contributed by atoms with Crippen LogP contribution in [0.3, 0.4) is 0 Å². The second-order valence-corrected chi connectivity index (χ2v) is 13.9. The summed E-state index contributed by atoms with van der Waals surface area (Å²) < 4.78 is 11.3. The first-order valence-electron chi connectivity index (χ1n) is 19.1. The molecule has 280 valence electrons. The van der Waals surface area contributed by atoms with Crippen LogP contribution in [-0.2, 0) is 13.1 Å². The topological polar surface area (TPSA) is 68.3 Å². The van der Waals surface area contributed by atoms with E-state index in [2.05, 4.69) is 156 Å². The molecule has 0 bridgehead atoms. The van der Waals surface area contributed by atoms with Gasteiger partial charge in [0.2, 0.25) is 0 Å². The molecule has 0 saturated heterocycles. The molecule has 0 fully saturated rings. The fraction of sp³-hybridized carbons (Fsp3) is 0.160. The van der Waals surface area contributed by atoms with Crippen LogP contribution in [0.25, 0.3) is 44.1 Å². The number of nitrogens with one attached hydrogen (secondary N) is 2. The van der Waals surface area contributed by atoms with Crippen molar-refractivity contribution in [3.63, 3.8) is 0 Å². The molecule has 8 aromatic rings. The highest BCUT2D eigenvalue weighted by Gasteiger charge is 2.12. The second kappa shape index (κ2) is 18.3. The number of pyridine rings is 2. The Kier molecular flexibility index (Phi) is 12.4. The van der Waals surface area contributed by atoms with E-state index in [9.17, 15) is 0 Å². The Hall–Kier alpha value is -6.34. The number of methoxy groups -OCH3 is 2. The van der Waals surface area contributed by atoms with Crippen molar-refractivity contribution >= 4 is 21.8 Å². The lowest BCUT2D eigenvalue weighted by atomic mass is 9.99. The monoisotopic (exact) mass is 736 g/mol. The maximum absolute atomic E-state index is 5.63. The largest absolute Gasteiger partial charge is 0.496 e. The number of hydrogen-bond donors (Lipinski definition) is 2. The molecule has 6 heteroatoms. The molecule has 0 radical (unpaired) electrons. The van der Waals surface area contributed by atoms with Gasteiger partial charge in [0.15, 0.2) is 0 Å². The lowest BCUT2D eigenvalue weighted by Crippen LogP contribution is -2.18. The van der Waals surface area contributed by atoms with E-state index < -0.39 is 0 Å². The maximum Gasteiger partial charge on any atom is 0.126 e. The molecular weight excluding hydrogens is 689 g/mol. The van der Waals surface area contributed by atoms with Gasteiger partial charge in [0.25, 0.3) is 0 Å². The SMILES string of the molecule is COc1ccc(CN[C@H](C)c2ccccc2)cc1-c1ccc2ncccc2c1.COc1ccc(CN[C@H](C)c2ccccc2)cc1-c1ccc2ncccc2c1. The van der Waals surface area contributed by atoms with Crippen LogP contribution in [0.5, 0.6) is 11.5 Å². The van der Waals surface area contributed by atoms with E-state index >= 15 is 0 Å². The average Bonchev–Trinajstić information content (AvgIpc) is 3.27. The van der Waals surface area contributed by atoms with Crippen LogP contribution in [0.2, 0.25) is 0 Å². The number of ether oxygens (including phenoxy) is 2. The van der Waals surface area contributed by atoms with Gasteiger partial charge in [0, 0.05) is 59.5 Å². The van der Waals surface area contributed by atoms with Crippen LogP contribution in [0.1, 0.15) is 48.2 Å². The van der Waals surface area contributed by atoms with Crippen molar-refractivity contribution in [2.75, 3.05) is 14.2 Å². The predicted molar refractivity (Wildman–Crippen MR) is 231 cm³/mol. The van der Waals surface area contributed by atoms with Gasteiger partial charge in [0.05, 0.1) is 25.3 Å². The maximum atomic E-state index is 5.63. The quantitative estimate of drug-likeness (QED) is 0.130. The Morgan fingerprint density at radius 2 is 0.893 bits per heavy atom. The highest BCUT2D eigenvalue weighted by Crippen LogP contribution is 2.34. The van der Waals surface area contributed by atoms with Crippen LogP contribution in [0.4, 0.5) is 0 Å². The summed E-state index contributed by atoms with van der Waals surface area (Å²) in [4.78, 5) is 8.83.